The topological polar surface area (TPSA) is 95.3 Å². The van der Waals surface area contributed by atoms with Crippen LogP contribution in [0.5, 0.6) is 0 Å². The quantitative estimate of drug-likeness (QED) is 0.817. The molecule has 2 aliphatic heterocycles. The third-order valence-corrected chi connectivity index (χ3v) is 4.63. The molecule has 2 saturated heterocycles. The molecule has 2 amide bonds. The average Bonchev–Trinajstić information content (AvgIpc) is 3.17. The minimum absolute atomic E-state index is 0.0164. The maximum Gasteiger partial charge on any atom is 0.228 e. The van der Waals surface area contributed by atoms with Crippen LogP contribution >= 0.6 is 0 Å². The van der Waals surface area contributed by atoms with Gasteiger partial charge in [0.15, 0.2) is 0 Å². The number of hydrogen-bond acceptors (Lipinski definition) is 4. The molecule has 3 rings (SSSR count). The van der Waals surface area contributed by atoms with E-state index in [0.29, 0.717) is 19.6 Å². The summed E-state index contributed by atoms with van der Waals surface area (Å²) in [6.45, 7) is 4.56. The predicted molar refractivity (Wildman–Crippen MR) is 77.4 cm³/mol. The van der Waals surface area contributed by atoms with E-state index in [1.54, 1.807) is 17.3 Å². The molecule has 0 aliphatic carbocycles. The first-order chi connectivity index (χ1) is 10.0. The molecule has 7 heteroatoms. The molecule has 0 radical (unpaired) electrons. The van der Waals surface area contributed by atoms with Gasteiger partial charge in [-0.3, -0.25) is 14.7 Å². The number of carbonyl (C=O) groups is 2. The Balaban J connectivity index is 1.66. The van der Waals surface area contributed by atoms with Crippen LogP contribution < -0.4 is 10.6 Å². The van der Waals surface area contributed by atoms with E-state index in [2.05, 4.69) is 17.1 Å². The van der Waals surface area contributed by atoms with E-state index in [1.807, 2.05) is 4.90 Å². The van der Waals surface area contributed by atoms with Crippen LogP contribution in [0.4, 0.5) is 5.69 Å². The van der Waals surface area contributed by atoms with Crippen molar-refractivity contribution in [2.75, 3.05) is 31.1 Å². The number of nitrogens with one attached hydrogen (secondary N) is 1. The maximum absolute atomic E-state index is 12.6. The van der Waals surface area contributed by atoms with Crippen LogP contribution in [0.25, 0.3) is 0 Å². The van der Waals surface area contributed by atoms with Gasteiger partial charge in [0.25, 0.3) is 0 Å². The monoisotopic (exact) mass is 291 g/mol. The van der Waals surface area contributed by atoms with E-state index in [-0.39, 0.29) is 29.6 Å². The lowest BCUT2D eigenvalue weighted by Crippen LogP contribution is -2.38. The highest BCUT2D eigenvalue weighted by Crippen LogP contribution is 2.32. The van der Waals surface area contributed by atoms with E-state index in [9.17, 15) is 9.59 Å². The number of H-pyrrole nitrogens is 1. The Morgan fingerprint density at radius 3 is 3.05 bits per heavy atom. The van der Waals surface area contributed by atoms with Gasteiger partial charge in [-0.2, -0.15) is 5.10 Å². The summed E-state index contributed by atoms with van der Waals surface area (Å²) < 4.78 is 0. The normalized spacial score (nSPS) is 29.4. The Bertz CT molecular complexity index is 544. The van der Waals surface area contributed by atoms with Crippen molar-refractivity contribution in [1.82, 2.24) is 15.1 Å². The second-order valence-corrected chi connectivity index (χ2v) is 6.39. The van der Waals surface area contributed by atoms with E-state index in [1.165, 1.54) is 0 Å². The van der Waals surface area contributed by atoms with Gasteiger partial charge in [0.05, 0.1) is 17.8 Å². The van der Waals surface area contributed by atoms with Gasteiger partial charge in [-0.25, -0.2) is 0 Å². The van der Waals surface area contributed by atoms with E-state index < -0.39 is 0 Å². The van der Waals surface area contributed by atoms with Crippen LogP contribution in [0.15, 0.2) is 12.4 Å². The fourth-order valence-electron chi connectivity index (χ4n) is 3.15. The fraction of sp³-hybridized carbons (Fsp3) is 0.643. The predicted octanol–water partition coefficient (Wildman–Crippen LogP) is -0.0401. The Morgan fingerprint density at radius 1 is 1.62 bits per heavy atom. The highest BCUT2D eigenvalue weighted by molar-refractivity contribution is 6.00. The van der Waals surface area contributed by atoms with Crippen LogP contribution in [0.1, 0.15) is 19.8 Å². The summed E-state index contributed by atoms with van der Waals surface area (Å²) in [6, 6.07) is 0. The molecule has 3 N–H and O–H groups in total. The zero-order chi connectivity index (χ0) is 15.0. The molecule has 7 nitrogen and oxygen atoms in total. The van der Waals surface area contributed by atoms with E-state index in [4.69, 9.17) is 5.73 Å². The van der Waals surface area contributed by atoms with Crippen LogP contribution in [-0.4, -0.2) is 53.1 Å². The third kappa shape index (κ3) is 2.53. The number of carbonyl (C=O) groups excluding carboxylic acids is 2. The standard InChI is InChI=1S/C14H21N5O2/c1-14(8-15)2-3-18(9-14)13(21)10-4-12(20)19(7-10)11-5-16-17-6-11/h5-6,10H,2-4,7-9,15H2,1H3,(H,16,17). The second-order valence-electron chi connectivity index (χ2n) is 6.39. The van der Waals surface area contributed by atoms with Gasteiger partial charge in [-0.1, -0.05) is 6.92 Å². The molecule has 21 heavy (non-hydrogen) atoms. The fourth-order valence-corrected chi connectivity index (χ4v) is 3.15. The summed E-state index contributed by atoms with van der Waals surface area (Å²) in [7, 11) is 0. The number of nitrogens with two attached hydrogens (primary N) is 1. The van der Waals surface area contributed by atoms with Crippen molar-refractivity contribution < 1.29 is 9.59 Å². The third-order valence-electron chi connectivity index (χ3n) is 4.63. The lowest BCUT2D eigenvalue weighted by atomic mass is 9.90. The van der Waals surface area contributed by atoms with Crippen molar-refractivity contribution in [3.8, 4) is 0 Å². The lowest BCUT2D eigenvalue weighted by molar-refractivity contribution is -0.135. The van der Waals surface area contributed by atoms with Crippen molar-refractivity contribution in [1.29, 1.82) is 0 Å². The molecule has 0 spiro atoms. The summed E-state index contributed by atoms with van der Waals surface area (Å²) >= 11 is 0. The van der Waals surface area contributed by atoms with Gasteiger partial charge in [-0.05, 0) is 18.4 Å². The molecule has 2 unspecified atom stereocenters. The van der Waals surface area contributed by atoms with Crippen molar-refractivity contribution in [2.24, 2.45) is 17.1 Å². The largest absolute Gasteiger partial charge is 0.342 e. The Hall–Kier alpha value is -1.89. The summed E-state index contributed by atoms with van der Waals surface area (Å²) in [5.41, 5.74) is 6.52. The highest BCUT2D eigenvalue weighted by atomic mass is 16.2. The Labute approximate surface area is 123 Å². The van der Waals surface area contributed by atoms with E-state index >= 15 is 0 Å². The van der Waals surface area contributed by atoms with Gasteiger partial charge in [0.1, 0.15) is 0 Å². The molecule has 2 fully saturated rings. The van der Waals surface area contributed by atoms with Gasteiger partial charge in [0.2, 0.25) is 11.8 Å². The van der Waals surface area contributed by atoms with Crippen LogP contribution in [0, 0.1) is 11.3 Å². The molecular formula is C14H21N5O2. The highest BCUT2D eigenvalue weighted by Gasteiger charge is 2.41. The summed E-state index contributed by atoms with van der Waals surface area (Å²) in [6.07, 6.45) is 4.49. The van der Waals surface area contributed by atoms with Crippen molar-refractivity contribution >= 4 is 17.5 Å². The van der Waals surface area contributed by atoms with Gasteiger partial charge < -0.3 is 15.5 Å². The zero-order valence-corrected chi connectivity index (χ0v) is 12.2. The number of nitrogens with zero attached hydrogens (tertiary/aromatic N) is 3. The first-order valence-electron chi connectivity index (χ1n) is 7.30. The van der Waals surface area contributed by atoms with Crippen LogP contribution in [0.3, 0.4) is 0 Å². The number of aromatic nitrogens is 2. The summed E-state index contributed by atoms with van der Waals surface area (Å²) in [4.78, 5) is 28.2. The number of rotatable bonds is 3. The van der Waals surface area contributed by atoms with Crippen molar-refractivity contribution in [2.45, 2.75) is 19.8 Å². The smallest absolute Gasteiger partial charge is 0.228 e. The number of likely N-dealkylation sites (tertiary alicyclic amines) is 1. The molecule has 1 aromatic rings. The minimum atomic E-state index is -0.257. The van der Waals surface area contributed by atoms with Crippen LogP contribution in [-0.2, 0) is 9.59 Å². The SMILES string of the molecule is CC1(CN)CCN(C(=O)C2CC(=O)N(c3cn[nH]c3)C2)C1. The Kier molecular flexibility index (Phi) is 3.44. The first kappa shape index (κ1) is 14.1. The molecule has 2 atom stereocenters. The van der Waals surface area contributed by atoms with Crippen LogP contribution in [0.2, 0.25) is 0 Å². The molecule has 0 saturated carbocycles. The lowest BCUT2D eigenvalue weighted by Gasteiger charge is -2.24. The number of anilines is 1. The molecular weight excluding hydrogens is 270 g/mol. The molecule has 1 aromatic heterocycles. The molecule has 2 aliphatic rings. The molecule has 0 bridgehead atoms. The number of aromatic amines is 1. The van der Waals surface area contributed by atoms with Gasteiger partial charge in [0, 0.05) is 32.3 Å². The van der Waals surface area contributed by atoms with Crippen molar-refractivity contribution in [3.63, 3.8) is 0 Å². The molecule has 114 valence electrons. The summed E-state index contributed by atoms with van der Waals surface area (Å²) in [5, 5.41) is 6.54. The maximum atomic E-state index is 12.6. The minimum Gasteiger partial charge on any atom is -0.342 e. The molecule has 0 aromatic carbocycles. The zero-order valence-electron chi connectivity index (χ0n) is 12.2. The Morgan fingerprint density at radius 2 is 2.43 bits per heavy atom. The van der Waals surface area contributed by atoms with Gasteiger partial charge >= 0.3 is 0 Å². The number of hydrogen-bond donors (Lipinski definition) is 2. The van der Waals surface area contributed by atoms with E-state index in [0.717, 1.165) is 18.7 Å². The summed E-state index contributed by atoms with van der Waals surface area (Å²) in [5.74, 6) is -0.199. The second kappa shape index (κ2) is 5.14. The average molecular weight is 291 g/mol. The van der Waals surface area contributed by atoms with Gasteiger partial charge in [-0.15, -0.1) is 0 Å². The molecule has 3 heterocycles. The van der Waals surface area contributed by atoms with Crippen molar-refractivity contribution in [3.05, 3.63) is 12.4 Å². The first-order valence-corrected chi connectivity index (χ1v) is 7.30. The number of amides is 2.